The standard InChI is InChI=1S/C26H35ClN6O/c1-5-11-31-13-15-32(16-14-31)12-7-10-28-26(34)21-17-18(2)29-25-24(21)20(4)30-33(25)23-9-6-8-22(27)19(23)3/h6,8-9,17H,5,7,10-16H2,1-4H3,(H,28,34). The number of piperazine rings is 1. The van der Waals surface area contributed by atoms with Crippen molar-refractivity contribution in [1.82, 2.24) is 29.9 Å². The molecule has 1 aliphatic heterocycles. The van der Waals surface area contributed by atoms with Crippen LogP contribution in [0.25, 0.3) is 16.7 Å². The van der Waals surface area contributed by atoms with Crippen molar-refractivity contribution in [2.24, 2.45) is 0 Å². The maximum absolute atomic E-state index is 13.2. The first-order valence-electron chi connectivity index (χ1n) is 12.2. The molecule has 0 aliphatic carbocycles. The minimum atomic E-state index is -0.0752. The Morgan fingerprint density at radius 3 is 2.50 bits per heavy atom. The summed E-state index contributed by atoms with van der Waals surface area (Å²) in [5.41, 5.74) is 4.66. The number of carbonyl (C=O) groups excluding carboxylic acids is 1. The van der Waals surface area contributed by atoms with Crippen molar-refractivity contribution in [3.05, 3.63) is 51.8 Å². The molecule has 1 aliphatic rings. The Morgan fingerprint density at radius 2 is 1.79 bits per heavy atom. The lowest BCUT2D eigenvalue weighted by Crippen LogP contribution is -2.47. The topological polar surface area (TPSA) is 66.3 Å². The molecule has 0 radical (unpaired) electrons. The monoisotopic (exact) mass is 482 g/mol. The summed E-state index contributed by atoms with van der Waals surface area (Å²) in [5, 5.41) is 9.31. The van der Waals surface area contributed by atoms with Gasteiger partial charge in [-0.15, -0.1) is 0 Å². The number of amides is 1. The Balaban J connectivity index is 1.45. The second-order valence-electron chi connectivity index (χ2n) is 9.18. The normalized spacial score (nSPS) is 15.2. The molecular formula is C26H35ClN6O. The highest BCUT2D eigenvalue weighted by atomic mass is 35.5. The van der Waals surface area contributed by atoms with Crippen LogP contribution in [0.4, 0.5) is 0 Å². The molecule has 1 aromatic carbocycles. The molecule has 1 N–H and O–H groups in total. The number of pyridine rings is 1. The van der Waals surface area contributed by atoms with E-state index in [1.54, 1.807) is 4.68 Å². The zero-order valence-electron chi connectivity index (χ0n) is 20.7. The van der Waals surface area contributed by atoms with Crippen LogP contribution in [-0.4, -0.2) is 76.3 Å². The van der Waals surface area contributed by atoms with Crippen molar-refractivity contribution in [1.29, 1.82) is 0 Å². The molecule has 1 fully saturated rings. The van der Waals surface area contributed by atoms with Crippen molar-refractivity contribution >= 4 is 28.5 Å². The quantitative estimate of drug-likeness (QED) is 0.488. The first kappa shape index (κ1) is 24.6. The van der Waals surface area contributed by atoms with E-state index in [-0.39, 0.29) is 5.91 Å². The van der Waals surface area contributed by atoms with Crippen LogP contribution in [0.5, 0.6) is 0 Å². The SMILES string of the molecule is CCCN1CCN(CCCNC(=O)c2cc(C)nc3c2c(C)nn3-c2cccc(Cl)c2C)CC1. The predicted octanol–water partition coefficient (Wildman–Crippen LogP) is 4.15. The van der Waals surface area contributed by atoms with Crippen molar-refractivity contribution in [3.8, 4) is 5.69 Å². The molecule has 34 heavy (non-hydrogen) atoms. The maximum Gasteiger partial charge on any atom is 0.252 e. The molecule has 8 heteroatoms. The third-order valence-corrected chi connectivity index (χ3v) is 7.00. The van der Waals surface area contributed by atoms with Gasteiger partial charge in [-0.05, 0) is 70.5 Å². The highest BCUT2D eigenvalue weighted by molar-refractivity contribution is 6.31. The molecule has 0 saturated carbocycles. The van der Waals surface area contributed by atoms with Crippen LogP contribution in [-0.2, 0) is 0 Å². The minimum absolute atomic E-state index is 0.0752. The second kappa shape index (κ2) is 10.8. The zero-order chi connectivity index (χ0) is 24.2. The first-order chi connectivity index (χ1) is 16.4. The van der Waals surface area contributed by atoms with Gasteiger partial charge in [0.05, 0.1) is 22.3 Å². The summed E-state index contributed by atoms with van der Waals surface area (Å²) in [4.78, 5) is 22.9. The van der Waals surface area contributed by atoms with E-state index in [2.05, 4.69) is 22.0 Å². The number of nitrogens with one attached hydrogen (secondary N) is 1. The third-order valence-electron chi connectivity index (χ3n) is 6.59. The van der Waals surface area contributed by atoms with Crippen molar-refractivity contribution in [2.45, 2.75) is 40.5 Å². The van der Waals surface area contributed by atoms with Gasteiger partial charge in [0.15, 0.2) is 5.65 Å². The van der Waals surface area contributed by atoms with Gasteiger partial charge >= 0.3 is 0 Å². The fraction of sp³-hybridized carbons (Fsp3) is 0.500. The highest BCUT2D eigenvalue weighted by Gasteiger charge is 2.21. The fourth-order valence-corrected chi connectivity index (χ4v) is 4.91. The van der Waals surface area contributed by atoms with Gasteiger partial charge in [-0.3, -0.25) is 4.79 Å². The van der Waals surface area contributed by atoms with Gasteiger partial charge in [0, 0.05) is 43.4 Å². The Labute approximate surface area is 207 Å². The summed E-state index contributed by atoms with van der Waals surface area (Å²) < 4.78 is 1.80. The number of aryl methyl sites for hydroxylation is 2. The third kappa shape index (κ3) is 5.27. The van der Waals surface area contributed by atoms with Crippen molar-refractivity contribution in [3.63, 3.8) is 0 Å². The van der Waals surface area contributed by atoms with E-state index in [0.29, 0.717) is 22.8 Å². The van der Waals surface area contributed by atoms with Crippen LogP contribution in [0, 0.1) is 20.8 Å². The van der Waals surface area contributed by atoms with Gasteiger partial charge in [-0.25, -0.2) is 9.67 Å². The average Bonchev–Trinajstić information content (AvgIpc) is 3.15. The molecule has 2 aromatic heterocycles. The molecule has 0 spiro atoms. The summed E-state index contributed by atoms with van der Waals surface area (Å²) in [5.74, 6) is -0.0752. The van der Waals surface area contributed by atoms with Crippen LogP contribution >= 0.6 is 11.6 Å². The largest absolute Gasteiger partial charge is 0.352 e. The van der Waals surface area contributed by atoms with Crippen LogP contribution in [0.2, 0.25) is 5.02 Å². The Hall–Kier alpha value is -2.48. The summed E-state index contributed by atoms with van der Waals surface area (Å²) >= 11 is 6.35. The van der Waals surface area contributed by atoms with Gasteiger partial charge in [-0.1, -0.05) is 24.6 Å². The maximum atomic E-state index is 13.2. The van der Waals surface area contributed by atoms with Crippen molar-refractivity contribution < 1.29 is 4.79 Å². The number of aromatic nitrogens is 3. The van der Waals surface area contributed by atoms with E-state index in [1.807, 2.05) is 45.0 Å². The lowest BCUT2D eigenvalue weighted by molar-refractivity contribution is 0.0949. The minimum Gasteiger partial charge on any atom is -0.352 e. The van der Waals surface area contributed by atoms with Gasteiger partial charge in [0.25, 0.3) is 5.91 Å². The second-order valence-corrected chi connectivity index (χ2v) is 9.59. The first-order valence-corrected chi connectivity index (χ1v) is 12.6. The van der Waals surface area contributed by atoms with Crippen molar-refractivity contribution in [2.75, 3.05) is 45.8 Å². The lowest BCUT2D eigenvalue weighted by atomic mass is 10.1. The molecule has 182 valence electrons. The average molecular weight is 483 g/mol. The Morgan fingerprint density at radius 1 is 1.09 bits per heavy atom. The van der Waals surface area contributed by atoms with Gasteiger partial charge in [0.1, 0.15) is 0 Å². The predicted molar refractivity (Wildman–Crippen MR) is 138 cm³/mol. The van der Waals surface area contributed by atoms with Crippen LogP contribution in [0.1, 0.15) is 47.1 Å². The molecule has 0 atom stereocenters. The number of hydrogen-bond acceptors (Lipinski definition) is 5. The highest BCUT2D eigenvalue weighted by Crippen LogP contribution is 2.28. The summed E-state index contributed by atoms with van der Waals surface area (Å²) in [6, 6.07) is 7.59. The Bertz CT molecular complexity index is 1170. The number of hydrogen-bond donors (Lipinski definition) is 1. The number of nitrogens with zero attached hydrogens (tertiary/aromatic N) is 5. The van der Waals surface area contributed by atoms with Gasteiger partial charge in [-0.2, -0.15) is 5.10 Å². The van der Waals surface area contributed by atoms with Crippen LogP contribution in [0.3, 0.4) is 0 Å². The summed E-state index contributed by atoms with van der Waals surface area (Å²) in [6.45, 7) is 15.4. The molecule has 3 aromatic rings. The van der Waals surface area contributed by atoms with E-state index in [4.69, 9.17) is 21.7 Å². The summed E-state index contributed by atoms with van der Waals surface area (Å²) in [6.07, 6.45) is 2.15. The van der Waals surface area contributed by atoms with Crippen LogP contribution in [0.15, 0.2) is 24.3 Å². The molecule has 1 amide bonds. The van der Waals surface area contributed by atoms with Gasteiger partial charge in [0.2, 0.25) is 0 Å². The van der Waals surface area contributed by atoms with E-state index < -0.39 is 0 Å². The van der Waals surface area contributed by atoms with Crippen LogP contribution < -0.4 is 5.32 Å². The van der Waals surface area contributed by atoms with E-state index >= 15 is 0 Å². The number of fused-ring (bicyclic) bond motifs is 1. The smallest absolute Gasteiger partial charge is 0.252 e. The molecule has 0 unspecified atom stereocenters. The molecule has 1 saturated heterocycles. The van der Waals surface area contributed by atoms with E-state index in [9.17, 15) is 4.79 Å². The molecule has 4 rings (SSSR count). The number of rotatable bonds is 8. The van der Waals surface area contributed by atoms with Gasteiger partial charge < -0.3 is 15.1 Å². The molecular weight excluding hydrogens is 448 g/mol. The Kier molecular flexibility index (Phi) is 7.86. The molecule has 0 bridgehead atoms. The number of benzene rings is 1. The van der Waals surface area contributed by atoms with E-state index in [1.165, 1.54) is 13.0 Å². The fourth-order valence-electron chi connectivity index (χ4n) is 4.74. The molecule has 7 nitrogen and oxygen atoms in total. The summed E-state index contributed by atoms with van der Waals surface area (Å²) in [7, 11) is 0. The number of carbonyl (C=O) groups is 1. The lowest BCUT2D eigenvalue weighted by Gasteiger charge is -2.34. The number of halogens is 1. The zero-order valence-corrected chi connectivity index (χ0v) is 21.5. The van der Waals surface area contributed by atoms with E-state index in [0.717, 1.165) is 67.2 Å². The molecule has 3 heterocycles.